The second-order valence-corrected chi connectivity index (χ2v) is 7.43. The fourth-order valence-electron chi connectivity index (χ4n) is 2.90. The number of nitriles is 1. The van der Waals surface area contributed by atoms with Crippen LogP contribution in [0.5, 0.6) is 5.75 Å². The van der Waals surface area contributed by atoms with Crippen LogP contribution in [0.4, 0.5) is 4.39 Å². The van der Waals surface area contributed by atoms with Gasteiger partial charge >= 0.3 is 7.12 Å². The number of ether oxygens (including phenoxy) is 1. The third kappa shape index (κ3) is 8.07. The molecule has 2 aromatic rings. The molecule has 3 N–H and O–H groups in total. The van der Waals surface area contributed by atoms with Crippen LogP contribution in [-0.4, -0.2) is 60.5 Å². The van der Waals surface area contributed by atoms with Crippen LogP contribution in [0, 0.1) is 17.1 Å². The number of carbonyl (C=O) groups is 2. The Kier molecular flexibility index (Phi) is 9.60. The largest absolute Gasteiger partial charge is 0.493 e. The highest BCUT2D eigenvalue weighted by Crippen LogP contribution is 2.20. The highest BCUT2D eigenvalue weighted by atomic mass is 19.1. The minimum absolute atomic E-state index is 0.00460. The highest BCUT2D eigenvalue weighted by Gasteiger charge is 2.25. The maximum Gasteiger partial charge on any atom is 0.475 e. The van der Waals surface area contributed by atoms with Gasteiger partial charge in [-0.2, -0.15) is 5.26 Å². The van der Waals surface area contributed by atoms with E-state index < -0.39 is 30.7 Å². The zero-order valence-electron chi connectivity index (χ0n) is 18.4. The van der Waals surface area contributed by atoms with Gasteiger partial charge in [-0.25, -0.2) is 4.39 Å². The Labute approximate surface area is 192 Å². The van der Waals surface area contributed by atoms with Gasteiger partial charge in [-0.15, -0.1) is 0 Å². The van der Waals surface area contributed by atoms with Crippen molar-refractivity contribution in [2.45, 2.75) is 18.8 Å². The highest BCUT2D eigenvalue weighted by molar-refractivity contribution is 6.43. The standard InChI is InChI=1S/C23H25BFN3O5/c1-28(2)23(30)18(15-26)13-17-14-19(8-9-20(17)25)33-11-10-22(29)27-21(24(31)32)12-16-6-4-3-5-7-16/h3-9,13-14,21,31-32H,10-12H2,1-2H3,(H,27,29)/b18-13+/t21-/m0/s1. The number of nitrogens with one attached hydrogen (secondary N) is 1. The molecule has 0 aliphatic rings. The van der Waals surface area contributed by atoms with E-state index in [0.29, 0.717) is 0 Å². The van der Waals surface area contributed by atoms with Crippen molar-refractivity contribution in [2.24, 2.45) is 0 Å². The third-order valence-electron chi connectivity index (χ3n) is 4.63. The summed E-state index contributed by atoms with van der Waals surface area (Å²) in [7, 11) is 1.23. The summed E-state index contributed by atoms with van der Waals surface area (Å²) in [6.07, 6.45) is 1.29. The minimum atomic E-state index is -1.74. The molecule has 2 aromatic carbocycles. The Morgan fingerprint density at radius 3 is 2.55 bits per heavy atom. The van der Waals surface area contributed by atoms with Gasteiger partial charge < -0.3 is 25.0 Å². The lowest BCUT2D eigenvalue weighted by Crippen LogP contribution is -2.48. The first-order valence-corrected chi connectivity index (χ1v) is 10.2. The monoisotopic (exact) mass is 453 g/mol. The van der Waals surface area contributed by atoms with Gasteiger partial charge in [0.15, 0.2) is 0 Å². The number of amides is 2. The molecule has 0 saturated heterocycles. The Bertz CT molecular complexity index is 1040. The number of benzene rings is 2. The first-order chi connectivity index (χ1) is 15.7. The van der Waals surface area contributed by atoms with E-state index in [0.717, 1.165) is 17.7 Å². The summed E-state index contributed by atoms with van der Waals surface area (Å²) in [4.78, 5) is 25.4. The number of rotatable bonds is 10. The molecule has 33 heavy (non-hydrogen) atoms. The topological polar surface area (TPSA) is 123 Å². The molecule has 0 heterocycles. The molecule has 0 fully saturated rings. The van der Waals surface area contributed by atoms with E-state index in [2.05, 4.69) is 5.32 Å². The van der Waals surface area contributed by atoms with Crippen molar-refractivity contribution in [1.82, 2.24) is 10.2 Å². The smallest absolute Gasteiger partial charge is 0.475 e. The van der Waals surface area contributed by atoms with Crippen LogP contribution >= 0.6 is 0 Å². The van der Waals surface area contributed by atoms with Gasteiger partial charge in [0.25, 0.3) is 5.91 Å². The molecule has 172 valence electrons. The van der Waals surface area contributed by atoms with Crippen LogP contribution in [0.25, 0.3) is 6.08 Å². The van der Waals surface area contributed by atoms with E-state index in [1.54, 1.807) is 6.07 Å². The van der Waals surface area contributed by atoms with E-state index in [-0.39, 0.29) is 36.3 Å². The molecule has 0 aromatic heterocycles. The summed E-state index contributed by atoms with van der Waals surface area (Å²) in [5.74, 6) is -2.29. The number of halogens is 1. The van der Waals surface area contributed by atoms with Crippen molar-refractivity contribution in [2.75, 3.05) is 20.7 Å². The average Bonchev–Trinajstić information content (AvgIpc) is 2.78. The molecule has 10 heteroatoms. The Hall–Kier alpha value is -3.68. The third-order valence-corrected chi connectivity index (χ3v) is 4.63. The first-order valence-electron chi connectivity index (χ1n) is 10.2. The second-order valence-electron chi connectivity index (χ2n) is 7.43. The van der Waals surface area contributed by atoms with Gasteiger partial charge in [0.05, 0.1) is 19.0 Å². The molecular weight excluding hydrogens is 428 g/mol. The lowest BCUT2D eigenvalue weighted by atomic mass is 9.76. The summed E-state index contributed by atoms with van der Waals surface area (Å²) in [6, 6.07) is 14.7. The van der Waals surface area contributed by atoms with Gasteiger partial charge in [0.1, 0.15) is 23.2 Å². The van der Waals surface area contributed by atoms with E-state index in [9.17, 15) is 29.3 Å². The molecule has 1 atom stereocenters. The van der Waals surface area contributed by atoms with Crippen molar-refractivity contribution in [1.29, 1.82) is 5.26 Å². The lowest BCUT2D eigenvalue weighted by Gasteiger charge is -2.18. The summed E-state index contributed by atoms with van der Waals surface area (Å²) in [6.45, 7) is -0.0536. The van der Waals surface area contributed by atoms with Gasteiger partial charge in [0.2, 0.25) is 5.91 Å². The van der Waals surface area contributed by atoms with E-state index in [1.165, 1.54) is 31.1 Å². The molecule has 2 rings (SSSR count). The summed E-state index contributed by atoms with van der Waals surface area (Å²) in [5.41, 5.74) is 0.598. The van der Waals surface area contributed by atoms with Gasteiger partial charge in [-0.1, -0.05) is 30.3 Å². The van der Waals surface area contributed by atoms with Gasteiger partial charge in [0, 0.05) is 19.7 Å². The number of carbonyl (C=O) groups excluding carboxylic acids is 2. The van der Waals surface area contributed by atoms with Crippen LogP contribution in [0.2, 0.25) is 0 Å². The first kappa shape index (κ1) is 25.6. The zero-order chi connectivity index (χ0) is 24.4. The van der Waals surface area contributed by atoms with Crippen molar-refractivity contribution in [3.63, 3.8) is 0 Å². The predicted octanol–water partition coefficient (Wildman–Crippen LogP) is 1.33. The van der Waals surface area contributed by atoms with Crippen molar-refractivity contribution < 1.29 is 28.8 Å². The number of nitrogens with zero attached hydrogens (tertiary/aromatic N) is 2. The predicted molar refractivity (Wildman–Crippen MR) is 121 cm³/mol. The molecule has 0 aliphatic carbocycles. The number of hydrogen-bond donors (Lipinski definition) is 3. The van der Waals surface area contributed by atoms with Crippen molar-refractivity contribution in [3.8, 4) is 11.8 Å². The van der Waals surface area contributed by atoms with Crippen molar-refractivity contribution in [3.05, 3.63) is 71.0 Å². The SMILES string of the molecule is CN(C)C(=O)/C(C#N)=C/c1cc(OCCC(=O)N[C@@H](Cc2ccccc2)B(O)O)ccc1F. The Morgan fingerprint density at radius 2 is 1.94 bits per heavy atom. The number of likely N-dealkylation sites (N-methyl/N-ethyl adjacent to an activating group) is 1. The van der Waals surface area contributed by atoms with Crippen LogP contribution in [0.1, 0.15) is 17.5 Å². The summed E-state index contributed by atoms with van der Waals surface area (Å²) >= 11 is 0. The van der Waals surface area contributed by atoms with Crippen LogP contribution in [0.3, 0.4) is 0 Å². The maximum absolute atomic E-state index is 14.1. The van der Waals surface area contributed by atoms with Gasteiger partial charge in [-0.05, 0) is 36.3 Å². The van der Waals surface area contributed by atoms with Gasteiger partial charge in [-0.3, -0.25) is 9.59 Å². The minimum Gasteiger partial charge on any atom is -0.493 e. The van der Waals surface area contributed by atoms with Crippen LogP contribution < -0.4 is 10.1 Å². The van der Waals surface area contributed by atoms with E-state index in [4.69, 9.17) is 4.74 Å². The number of hydrogen-bond acceptors (Lipinski definition) is 6. The average molecular weight is 453 g/mol. The fourth-order valence-corrected chi connectivity index (χ4v) is 2.90. The second kappa shape index (κ2) is 12.4. The fraction of sp³-hybridized carbons (Fsp3) is 0.261. The molecule has 0 saturated carbocycles. The summed E-state index contributed by atoms with van der Waals surface area (Å²) in [5, 5.41) is 30.9. The zero-order valence-corrected chi connectivity index (χ0v) is 18.4. The van der Waals surface area contributed by atoms with Crippen molar-refractivity contribution >= 4 is 25.0 Å². The Morgan fingerprint density at radius 1 is 1.24 bits per heavy atom. The van der Waals surface area contributed by atoms with Crippen LogP contribution in [0.15, 0.2) is 54.1 Å². The molecule has 2 amide bonds. The normalized spacial score (nSPS) is 11.8. The molecule has 0 aliphatic heterocycles. The molecule has 0 radical (unpaired) electrons. The lowest BCUT2D eigenvalue weighted by molar-refractivity contribution is -0.124. The maximum atomic E-state index is 14.1. The molecular formula is C23H25BFN3O5. The molecule has 0 spiro atoms. The van der Waals surface area contributed by atoms with E-state index in [1.807, 2.05) is 30.3 Å². The summed E-state index contributed by atoms with van der Waals surface area (Å²) < 4.78 is 19.6. The molecule has 0 bridgehead atoms. The molecule has 0 unspecified atom stereocenters. The van der Waals surface area contributed by atoms with Crippen LogP contribution in [-0.2, 0) is 16.0 Å². The Balaban J connectivity index is 1.97. The molecule has 8 nitrogen and oxygen atoms in total. The van der Waals surface area contributed by atoms with E-state index >= 15 is 0 Å². The quantitative estimate of drug-likeness (QED) is 0.284.